The van der Waals surface area contributed by atoms with Crippen LogP contribution < -0.4 is 0 Å². The molecule has 64 heavy (non-hydrogen) atoms. The first-order chi connectivity index (χ1) is 31.5. The molecule has 6 heteroatoms. The fourth-order valence-corrected chi connectivity index (χ4v) is 6.65. The summed E-state index contributed by atoms with van der Waals surface area (Å²) in [5.74, 6) is -0.983. The third-order valence-corrected chi connectivity index (χ3v) is 10.5. The molecular weight excluding hydrogens is 793 g/mol. The van der Waals surface area contributed by atoms with Crippen molar-refractivity contribution >= 4 is 17.9 Å². The van der Waals surface area contributed by atoms with Crippen molar-refractivity contribution in [3.63, 3.8) is 0 Å². The van der Waals surface area contributed by atoms with Crippen LogP contribution in [0.25, 0.3) is 0 Å². The maximum absolute atomic E-state index is 12.8. The number of hydrogen-bond donors (Lipinski definition) is 0. The lowest BCUT2D eigenvalue weighted by Gasteiger charge is -2.18. The number of allylic oxidation sites excluding steroid dienone is 18. The van der Waals surface area contributed by atoms with E-state index in [0.29, 0.717) is 19.3 Å². The second-order valence-corrected chi connectivity index (χ2v) is 16.7. The number of rotatable bonds is 45. The molecule has 1 unspecified atom stereocenters. The Kier molecular flexibility index (Phi) is 48.5. The summed E-state index contributed by atoms with van der Waals surface area (Å²) in [6, 6.07) is 0. The fraction of sp³-hybridized carbons (Fsp3) is 0.638. The maximum Gasteiger partial charge on any atom is 0.306 e. The minimum atomic E-state index is -0.809. The second kappa shape index (κ2) is 51.7. The summed E-state index contributed by atoms with van der Waals surface area (Å²) in [5, 5.41) is 0. The molecule has 0 aliphatic heterocycles. The van der Waals surface area contributed by atoms with Gasteiger partial charge in [0.05, 0.1) is 0 Å². The van der Waals surface area contributed by atoms with Gasteiger partial charge in [-0.15, -0.1) is 0 Å². The van der Waals surface area contributed by atoms with E-state index in [1.54, 1.807) is 0 Å². The van der Waals surface area contributed by atoms with Gasteiger partial charge in [-0.2, -0.15) is 0 Å². The molecule has 362 valence electrons. The van der Waals surface area contributed by atoms with Crippen molar-refractivity contribution in [2.75, 3.05) is 13.2 Å². The summed E-state index contributed by atoms with van der Waals surface area (Å²) in [4.78, 5) is 38.0. The topological polar surface area (TPSA) is 78.9 Å². The van der Waals surface area contributed by atoms with Crippen LogP contribution in [-0.2, 0) is 28.6 Å². The van der Waals surface area contributed by atoms with Crippen LogP contribution in [0.4, 0.5) is 0 Å². The quantitative estimate of drug-likeness (QED) is 0.0262. The first-order valence-electron chi connectivity index (χ1n) is 25.9. The van der Waals surface area contributed by atoms with E-state index in [9.17, 15) is 14.4 Å². The standard InChI is InChI=1S/C58H94O6/c1-4-7-10-13-16-19-22-25-27-28-29-30-31-34-36-39-42-45-48-51-57(60)63-54-55(53-62-56(59)50-47-44-41-38-35-32-24-21-18-15-12-9-6-3)64-58(61)52-49-46-43-40-37-33-26-23-20-17-14-11-8-5-2/h7,9-10,12,16,18-19,21,23,25-27,29-30,32,34-36,55H,4-6,8,11,13-15,17,20,22,24,28,31,33,37-54H2,1-3H3/b10-7-,12-9-,19-16-,21-18-,26-23-,27-25-,30-29-,35-32-,36-34-. The van der Waals surface area contributed by atoms with E-state index in [2.05, 4.69) is 130 Å². The van der Waals surface area contributed by atoms with Crippen molar-refractivity contribution in [3.8, 4) is 0 Å². The van der Waals surface area contributed by atoms with Gasteiger partial charge in [-0.05, 0) is 122 Å². The zero-order chi connectivity index (χ0) is 46.5. The molecule has 0 bridgehead atoms. The number of carbonyl (C=O) groups is 3. The molecular formula is C58H94O6. The minimum absolute atomic E-state index is 0.109. The predicted octanol–water partition coefficient (Wildman–Crippen LogP) is 17.1. The summed E-state index contributed by atoms with van der Waals surface area (Å²) >= 11 is 0. The molecule has 0 aliphatic rings. The molecule has 0 aromatic carbocycles. The summed E-state index contributed by atoms with van der Waals surface area (Å²) in [6.45, 7) is 6.32. The van der Waals surface area contributed by atoms with E-state index in [0.717, 1.165) is 135 Å². The van der Waals surface area contributed by atoms with Gasteiger partial charge in [0.25, 0.3) is 0 Å². The SMILES string of the molecule is CC/C=C\C/C=C\C/C=C\C/C=C\C/C=C\CCCCCC(=O)OCC(COC(=O)CCCCC/C=C\C/C=C\C/C=C\CC)OC(=O)CCCCCCC/C=C\CCCCCCC. The number of unbranched alkanes of at least 4 members (excludes halogenated alkanes) is 16. The van der Waals surface area contributed by atoms with E-state index in [-0.39, 0.29) is 31.1 Å². The molecule has 0 spiro atoms. The Bertz CT molecular complexity index is 1340. The van der Waals surface area contributed by atoms with Crippen molar-refractivity contribution < 1.29 is 28.6 Å². The van der Waals surface area contributed by atoms with Gasteiger partial charge < -0.3 is 14.2 Å². The normalized spacial score (nSPS) is 13.0. The number of esters is 3. The lowest BCUT2D eigenvalue weighted by atomic mass is 10.1. The van der Waals surface area contributed by atoms with E-state index in [1.807, 2.05) is 0 Å². The first kappa shape index (κ1) is 60.1. The van der Waals surface area contributed by atoms with E-state index in [4.69, 9.17) is 14.2 Å². The highest BCUT2D eigenvalue weighted by Gasteiger charge is 2.19. The molecule has 0 fully saturated rings. The van der Waals surface area contributed by atoms with Crippen LogP contribution >= 0.6 is 0 Å². The van der Waals surface area contributed by atoms with Gasteiger partial charge in [0.15, 0.2) is 6.10 Å². The summed E-state index contributed by atoms with van der Waals surface area (Å²) in [7, 11) is 0. The van der Waals surface area contributed by atoms with Crippen LogP contribution in [0.3, 0.4) is 0 Å². The Balaban J connectivity index is 4.50. The van der Waals surface area contributed by atoms with Crippen LogP contribution in [0, 0.1) is 0 Å². The van der Waals surface area contributed by atoms with Gasteiger partial charge in [-0.1, -0.05) is 188 Å². The molecule has 1 atom stereocenters. The van der Waals surface area contributed by atoms with Crippen molar-refractivity contribution in [3.05, 3.63) is 109 Å². The molecule has 0 saturated carbocycles. The Morgan fingerprint density at radius 1 is 0.328 bits per heavy atom. The highest BCUT2D eigenvalue weighted by molar-refractivity contribution is 5.71. The van der Waals surface area contributed by atoms with Gasteiger partial charge in [0.2, 0.25) is 0 Å². The highest BCUT2D eigenvalue weighted by Crippen LogP contribution is 2.12. The largest absolute Gasteiger partial charge is 0.462 e. The molecule has 0 aromatic heterocycles. The molecule has 0 N–H and O–H groups in total. The lowest BCUT2D eigenvalue weighted by Crippen LogP contribution is -2.30. The Labute approximate surface area is 393 Å². The average molecular weight is 887 g/mol. The summed E-state index contributed by atoms with van der Waals surface area (Å²) in [5.41, 5.74) is 0. The predicted molar refractivity (Wildman–Crippen MR) is 274 cm³/mol. The molecule has 0 radical (unpaired) electrons. The lowest BCUT2D eigenvalue weighted by molar-refractivity contribution is -0.167. The zero-order valence-electron chi connectivity index (χ0n) is 41.3. The van der Waals surface area contributed by atoms with Crippen LogP contribution in [-0.4, -0.2) is 37.2 Å². The Morgan fingerprint density at radius 2 is 0.609 bits per heavy atom. The number of carbonyl (C=O) groups excluding carboxylic acids is 3. The first-order valence-corrected chi connectivity index (χ1v) is 25.9. The summed E-state index contributed by atoms with van der Waals surface area (Å²) in [6.07, 6.45) is 69.3. The number of ether oxygens (including phenoxy) is 3. The average Bonchev–Trinajstić information content (AvgIpc) is 3.29. The van der Waals surface area contributed by atoms with Gasteiger partial charge in [0, 0.05) is 19.3 Å². The Hall–Kier alpha value is -3.93. The van der Waals surface area contributed by atoms with Crippen molar-refractivity contribution in [1.29, 1.82) is 0 Å². The van der Waals surface area contributed by atoms with Gasteiger partial charge in [-0.3, -0.25) is 14.4 Å². The highest BCUT2D eigenvalue weighted by atomic mass is 16.6. The number of hydrogen-bond acceptors (Lipinski definition) is 6. The van der Waals surface area contributed by atoms with E-state index >= 15 is 0 Å². The molecule has 0 aliphatic carbocycles. The van der Waals surface area contributed by atoms with Crippen LogP contribution in [0.2, 0.25) is 0 Å². The smallest absolute Gasteiger partial charge is 0.306 e. The zero-order valence-corrected chi connectivity index (χ0v) is 41.3. The molecule has 0 rings (SSSR count). The van der Waals surface area contributed by atoms with Crippen LogP contribution in [0.1, 0.15) is 220 Å². The van der Waals surface area contributed by atoms with E-state index in [1.165, 1.54) is 44.9 Å². The molecule has 0 aromatic rings. The van der Waals surface area contributed by atoms with Crippen LogP contribution in [0.15, 0.2) is 109 Å². The maximum atomic E-state index is 12.8. The van der Waals surface area contributed by atoms with Crippen LogP contribution in [0.5, 0.6) is 0 Å². The third kappa shape index (κ3) is 49.1. The minimum Gasteiger partial charge on any atom is -0.462 e. The Morgan fingerprint density at radius 3 is 0.984 bits per heavy atom. The fourth-order valence-electron chi connectivity index (χ4n) is 6.65. The van der Waals surface area contributed by atoms with Crippen molar-refractivity contribution in [2.45, 2.75) is 226 Å². The molecule has 0 saturated heterocycles. The van der Waals surface area contributed by atoms with Gasteiger partial charge in [-0.25, -0.2) is 0 Å². The van der Waals surface area contributed by atoms with E-state index < -0.39 is 6.10 Å². The molecule has 0 amide bonds. The van der Waals surface area contributed by atoms with Gasteiger partial charge >= 0.3 is 17.9 Å². The van der Waals surface area contributed by atoms with Gasteiger partial charge in [0.1, 0.15) is 13.2 Å². The van der Waals surface area contributed by atoms with Crippen molar-refractivity contribution in [2.24, 2.45) is 0 Å². The summed E-state index contributed by atoms with van der Waals surface area (Å²) < 4.78 is 16.7. The third-order valence-electron chi connectivity index (χ3n) is 10.5. The molecule has 6 nitrogen and oxygen atoms in total. The second-order valence-electron chi connectivity index (χ2n) is 16.7. The van der Waals surface area contributed by atoms with Crippen molar-refractivity contribution in [1.82, 2.24) is 0 Å². The monoisotopic (exact) mass is 887 g/mol. The molecule has 0 heterocycles.